The number of aliphatic hydroxyl groups excluding tert-OH is 1. The highest BCUT2D eigenvalue weighted by Gasteiger charge is 2.30. The largest absolute Gasteiger partial charge is 0.506 e. The molecule has 2 aliphatic rings. The van der Waals surface area contributed by atoms with E-state index in [1.54, 1.807) is 0 Å². The normalized spacial score (nSPS) is 23.0. The van der Waals surface area contributed by atoms with Gasteiger partial charge < -0.3 is 15.5 Å². The minimum Gasteiger partial charge on any atom is -0.506 e. The molecular weight excluding hydrogens is 370 g/mol. The Kier molecular flexibility index (Phi) is 5.76. The van der Waals surface area contributed by atoms with Crippen molar-refractivity contribution >= 4 is 23.9 Å². The molecular formula is C20H22F2N2O4. The lowest BCUT2D eigenvalue weighted by atomic mass is 9.94. The van der Waals surface area contributed by atoms with E-state index in [2.05, 4.69) is 10.3 Å². The number of carboxylic acid groups (broad SMARTS) is 1. The molecule has 1 aromatic carbocycles. The summed E-state index contributed by atoms with van der Waals surface area (Å²) in [6.07, 6.45) is 4.42. The molecule has 0 radical (unpaired) electrons. The lowest BCUT2D eigenvalue weighted by molar-refractivity contribution is -0.132. The molecule has 1 aromatic rings. The molecule has 0 aliphatic heterocycles. The standard InChI is InChI=1S/C20H22F2N2O4/c1-10(25)24-13-3-2-11(6-13)14-7-18(22)15(8-17(14)21)19(26)16(20(27)28)9-23-12-4-5-12/h7-9,11-13,26H,2-6H2,1H3,(H,24,25)(H,27,28)/b19-16+,23-9?. The topological polar surface area (TPSA) is 99.0 Å². The van der Waals surface area contributed by atoms with Gasteiger partial charge in [0.1, 0.15) is 23.0 Å². The molecule has 3 rings (SSSR count). The number of benzene rings is 1. The van der Waals surface area contributed by atoms with E-state index in [4.69, 9.17) is 0 Å². The monoisotopic (exact) mass is 392 g/mol. The minimum atomic E-state index is -1.47. The molecule has 2 saturated carbocycles. The van der Waals surface area contributed by atoms with Crippen LogP contribution in [0.25, 0.3) is 5.76 Å². The van der Waals surface area contributed by atoms with Crippen LogP contribution in [-0.4, -0.2) is 40.4 Å². The SMILES string of the molecule is CC(=O)NC1CCC(c2cc(F)c(/C(O)=C(/C=NC3CC3)C(=O)O)cc2F)C1. The molecule has 1 amide bonds. The van der Waals surface area contributed by atoms with Crippen molar-refractivity contribution in [3.63, 3.8) is 0 Å². The molecule has 0 spiro atoms. The van der Waals surface area contributed by atoms with Gasteiger partial charge in [-0.25, -0.2) is 13.6 Å². The van der Waals surface area contributed by atoms with Gasteiger partial charge in [0.25, 0.3) is 0 Å². The average Bonchev–Trinajstić information content (AvgIpc) is 3.33. The van der Waals surface area contributed by atoms with E-state index in [0.29, 0.717) is 19.3 Å². The maximum atomic E-state index is 14.7. The van der Waals surface area contributed by atoms with Crippen molar-refractivity contribution in [1.29, 1.82) is 0 Å². The number of halogens is 2. The number of hydrogen-bond acceptors (Lipinski definition) is 4. The van der Waals surface area contributed by atoms with Gasteiger partial charge in [-0.2, -0.15) is 0 Å². The molecule has 3 N–H and O–H groups in total. The third kappa shape index (κ3) is 4.55. The first-order chi connectivity index (χ1) is 13.3. The average molecular weight is 392 g/mol. The number of amides is 1. The Balaban J connectivity index is 1.88. The lowest BCUT2D eigenvalue weighted by Gasteiger charge is -2.15. The zero-order valence-electron chi connectivity index (χ0n) is 15.4. The van der Waals surface area contributed by atoms with Gasteiger partial charge in [0.05, 0.1) is 11.6 Å². The number of aliphatic hydroxyl groups is 1. The molecule has 28 heavy (non-hydrogen) atoms. The number of rotatable bonds is 6. The third-order valence-electron chi connectivity index (χ3n) is 5.07. The Morgan fingerprint density at radius 3 is 2.46 bits per heavy atom. The fourth-order valence-corrected chi connectivity index (χ4v) is 3.51. The molecule has 2 fully saturated rings. The molecule has 2 atom stereocenters. The molecule has 0 heterocycles. The molecule has 6 nitrogen and oxygen atoms in total. The van der Waals surface area contributed by atoms with Crippen molar-refractivity contribution in [2.45, 2.75) is 57.0 Å². The van der Waals surface area contributed by atoms with Gasteiger partial charge in [-0.3, -0.25) is 9.79 Å². The van der Waals surface area contributed by atoms with Crippen molar-refractivity contribution in [3.8, 4) is 0 Å². The fraction of sp³-hybridized carbons (Fsp3) is 0.450. The van der Waals surface area contributed by atoms with Crippen LogP contribution in [0.2, 0.25) is 0 Å². The van der Waals surface area contributed by atoms with E-state index in [0.717, 1.165) is 31.2 Å². The molecule has 150 valence electrons. The first-order valence-electron chi connectivity index (χ1n) is 9.22. The summed E-state index contributed by atoms with van der Waals surface area (Å²) in [5.41, 5.74) is -0.938. The third-order valence-corrected chi connectivity index (χ3v) is 5.07. The number of carbonyl (C=O) groups excluding carboxylic acids is 1. The highest BCUT2D eigenvalue weighted by molar-refractivity contribution is 6.14. The Bertz CT molecular complexity index is 862. The van der Waals surface area contributed by atoms with Crippen LogP contribution in [-0.2, 0) is 9.59 Å². The van der Waals surface area contributed by atoms with Gasteiger partial charge >= 0.3 is 5.97 Å². The summed E-state index contributed by atoms with van der Waals surface area (Å²) in [7, 11) is 0. The van der Waals surface area contributed by atoms with Crippen molar-refractivity contribution in [2.24, 2.45) is 4.99 Å². The second-order valence-corrected chi connectivity index (χ2v) is 7.34. The van der Waals surface area contributed by atoms with Crippen LogP contribution in [0.5, 0.6) is 0 Å². The number of nitrogens with zero attached hydrogens (tertiary/aromatic N) is 1. The molecule has 2 unspecified atom stereocenters. The van der Waals surface area contributed by atoms with E-state index in [-0.39, 0.29) is 29.5 Å². The van der Waals surface area contributed by atoms with Gasteiger partial charge in [-0.05, 0) is 55.7 Å². The van der Waals surface area contributed by atoms with Gasteiger partial charge in [0.15, 0.2) is 0 Å². The Hall–Kier alpha value is -2.77. The van der Waals surface area contributed by atoms with E-state index < -0.39 is 34.5 Å². The summed E-state index contributed by atoms with van der Waals surface area (Å²) in [5, 5.41) is 22.3. The molecule has 0 saturated heterocycles. The van der Waals surface area contributed by atoms with Crippen molar-refractivity contribution < 1.29 is 28.6 Å². The number of carbonyl (C=O) groups is 2. The van der Waals surface area contributed by atoms with Crippen LogP contribution >= 0.6 is 0 Å². The van der Waals surface area contributed by atoms with Gasteiger partial charge in [-0.1, -0.05) is 0 Å². The van der Waals surface area contributed by atoms with Gasteiger partial charge in [-0.15, -0.1) is 0 Å². The summed E-state index contributed by atoms with van der Waals surface area (Å²) in [4.78, 5) is 26.5. The molecule has 0 bridgehead atoms. The maximum absolute atomic E-state index is 14.7. The lowest BCUT2D eigenvalue weighted by Crippen LogP contribution is -2.30. The summed E-state index contributed by atoms with van der Waals surface area (Å²) >= 11 is 0. The van der Waals surface area contributed by atoms with Crippen LogP contribution < -0.4 is 5.32 Å². The van der Waals surface area contributed by atoms with Crippen LogP contribution in [0.1, 0.15) is 56.1 Å². The van der Waals surface area contributed by atoms with Crippen LogP contribution in [0, 0.1) is 11.6 Å². The smallest absolute Gasteiger partial charge is 0.341 e. The van der Waals surface area contributed by atoms with Gasteiger partial charge in [0, 0.05) is 19.2 Å². The molecule has 2 aliphatic carbocycles. The number of aliphatic imine (C=N–C) groups is 1. The quantitative estimate of drug-likeness (QED) is 0.393. The minimum absolute atomic E-state index is 0.0185. The van der Waals surface area contributed by atoms with E-state index in [9.17, 15) is 28.6 Å². The maximum Gasteiger partial charge on any atom is 0.341 e. The zero-order chi connectivity index (χ0) is 20.4. The summed E-state index contributed by atoms with van der Waals surface area (Å²) in [5.74, 6) is -4.39. The van der Waals surface area contributed by atoms with E-state index in [1.807, 2.05) is 0 Å². The number of hydrogen-bond donors (Lipinski definition) is 3. The van der Waals surface area contributed by atoms with Crippen LogP contribution in [0.4, 0.5) is 8.78 Å². The highest BCUT2D eigenvalue weighted by atomic mass is 19.1. The predicted octanol–water partition coefficient (Wildman–Crippen LogP) is 3.32. The first kappa shape index (κ1) is 20.0. The Morgan fingerprint density at radius 1 is 1.14 bits per heavy atom. The number of aliphatic carboxylic acids is 1. The second kappa shape index (κ2) is 8.08. The first-order valence-corrected chi connectivity index (χ1v) is 9.22. The summed E-state index contributed by atoms with van der Waals surface area (Å²) < 4.78 is 29.3. The van der Waals surface area contributed by atoms with Gasteiger partial charge in [0.2, 0.25) is 5.91 Å². The van der Waals surface area contributed by atoms with Crippen molar-refractivity contribution in [3.05, 3.63) is 40.5 Å². The Labute approximate surface area is 161 Å². The fourth-order valence-electron chi connectivity index (χ4n) is 3.51. The molecule has 0 aromatic heterocycles. The van der Waals surface area contributed by atoms with Crippen molar-refractivity contribution in [2.75, 3.05) is 0 Å². The zero-order valence-corrected chi connectivity index (χ0v) is 15.4. The van der Waals surface area contributed by atoms with E-state index in [1.165, 1.54) is 6.92 Å². The predicted molar refractivity (Wildman–Crippen MR) is 99.3 cm³/mol. The van der Waals surface area contributed by atoms with Crippen LogP contribution in [0.3, 0.4) is 0 Å². The molecule has 8 heteroatoms. The van der Waals surface area contributed by atoms with E-state index >= 15 is 0 Å². The number of nitrogens with one attached hydrogen (secondary N) is 1. The summed E-state index contributed by atoms with van der Waals surface area (Å²) in [6.45, 7) is 1.41. The van der Waals surface area contributed by atoms with Crippen molar-refractivity contribution in [1.82, 2.24) is 5.32 Å². The van der Waals surface area contributed by atoms with Crippen LogP contribution in [0.15, 0.2) is 22.7 Å². The summed E-state index contributed by atoms with van der Waals surface area (Å²) in [6, 6.07) is 1.75. The Morgan fingerprint density at radius 2 is 1.86 bits per heavy atom. The number of carboxylic acids is 1. The highest BCUT2D eigenvalue weighted by Crippen LogP contribution is 2.37. The second-order valence-electron chi connectivity index (χ2n) is 7.34.